The highest BCUT2D eigenvalue weighted by Gasteiger charge is 2.43. The molecule has 3 heterocycles. The highest BCUT2D eigenvalue weighted by Crippen LogP contribution is 2.28. The number of carbonyl (C=O) groups excluding carboxylic acids is 2. The lowest BCUT2D eigenvalue weighted by Gasteiger charge is -2.31. The van der Waals surface area contributed by atoms with Crippen LogP contribution in [0.4, 0.5) is 0 Å². The van der Waals surface area contributed by atoms with Gasteiger partial charge in [0.25, 0.3) is 0 Å². The second-order valence-electron chi connectivity index (χ2n) is 7.28. The lowest BCUT2D eigenvalue weighted by molar-refractivity contribution is -0.136. The fourth-order valence-corrected chi connectivity index (χ4v) is 5.94. The van der Waals surface area contributed by atoms with Crippen LogP contribution in [0.1, 0.15) is 24.0 Å². The summed E-state index contributed by atoms with van der Waals surface area (Å²) in [5, 5.41) is 0. The first-order chi connectivity index (χ1) is 11.9. The van der Waals surface area contributed by atoms with Crippen molar-refractivity contribution < 1.29 is 18.0 Å². The molecule has 7 heteroatoms. The van der Waals surface area contributed by atoms with Crippen LogP contribution in [0.15, 0.2) is 24.3 Å². The Bertz CT molecular complexity index is 820. The molecule has 0 saturated carbocycles. The molecule has 25 heavy (non-hydrogen) atoms. The van der Waals surface area contributed by atoms with Crippen molar-refractivity contribution in [3.8, 4) is 0 Å². The lowest BCUT2D eigenvalue weighted by atomic mass is 9.98. The molecule has 0 aliphatic carbocycles. The second-order valence-corrected chi connectivity index (χ2v) is 9.51. The summed E-state index contributed by atoms with van der Waals surface area (Å²) < 4.78 is 23.3. The summed E-state index contributed by atoms with van der Waals surface area (Å²) in [7, 11) is -3.04. The number of sulfone groups is 1. The Kier molecular flexibility index (Phi) is 4.06. The summed E-state index contributed by atoms with van der Waals surface area (Å²) in [5.41, 5.74) is 2.46. The molecule has 2 amide bonds. The average molecular weight is 362 g/mol. The van der Waals surface area contributed by atoms with Crippen molar-refractivity contribution in [1.29, 1.82) is 0 Å². The summed E-state index contributed by atoms with van der Waals surface area (Å²) in [6.45, 7) is 1.63. The van der Waals surface area contributed by atoms with Crippen LogP contribution in [0, 0.1) is 5.92 Å². The molecule has 1 aromatic rings. The molecule has 1 aromatic carbocycles. The summed E-state index contributed by atoms with van der Waals surface area (Å²) in [6.07, 6.45) is 1.53. The Morgan fingerprint density at radius 2 is 1.92 bits per heavy atom. The van der Waals surface area contributed by atoms with Crippen LogP contribution in [0.2, 0.25) is 0 Å². The fraction of sp³-hybridized carbons (Fsp3) is 0.556. The van der Waals surface area contributed by atoms with Gasteiger partial charge in [-0.25, -0.2) is 8.42 Å². The van der Waals surface area contributed by atoms with Gasteiger partial charge in [0.2, 0.25) is 11.8 Å². The van der Waals surface area contributed by atoms with Gasteiger partial charge in [0.05, 0.1) is 17.4 Å². The Balaban J connectivity index is 1.43. The molecule has 2 fully saturated rings. The normalized spacial score (nSPS) is 28.2. The van der Waals surface area contributed by atoms with Crippen molar-refractivity contribution in [2.45, 2.75) is 31.8 Å². The van der Waals surface area contributed by atoms with Crippen LogP contribution >= 0.6 is 0 Å². The topological polar surface area (TPSA) is 74.8 Å². The maximum absolute atomic E-state index is 12.9. The molecule has 2 saturated heterocycles. The molecule has 0 N–H and O–H groups in total. The van der Waals surface area contributed by atoms with Crippen LogP contribution in [-0.2, 0) is 32.4 Å². The van der Waals surface area contributed by atoms with Gasteiger partial charge in [-0.3, -0.25) is 9.59 Å². The molecule has 0 bridgehead atoms. The molecule has 134 valence electrons. The maximum atomic E-state index is 12.9. The number of hydrogen-bond acceptors (Lipinski definition) is 4. The van der Waals surface area contributed by atoms with E-state index in [9.17, 15) is 18.0 Å². The van der Waals surface area contributed by atoms with E-state index >= 15 is 0 Å². The van der Waals surface area contributed by atoms with Crippen molar-refractivity contribution in [3.63, 3.8) is 0 Å². The van der Waals surface area contributed by atoms with Crippen molar-refractivity contribution in [3.05, 3.63) is 35.4 Å². The first-order valence-electron chi connectivity index (χ1n) is 8.78. The van der Waals surface area contributed by atoms with Crippen LogP contribution in [0.5, 0.6) is 0 Å². The van der Waals surface area contributed by atoms with Gasteiger partial charge in [-0.1, -0.05) is 24.3 Å². The summed E-state index contributed by atoms with van der Waals surface area (Å²) in [5.74, 6) is -0.232. The Morgan fingerprint density at radius 3 is 2.64 bits per heavy atom. The molecule has 3 aliphatic heterocycles. The van der Waals surface area contributed by atoms with Gasteiger partial charge in [0, 0.05) is 32.1 Å². The molecular formula is C18H22N2O4S. The molecule has 0 spiro atoms. The standard InChI is InChI=1S/C18H22N2O4S/c21-17-9-15(11-20(17)16-6-8-25(23,24)12-16)18(22)19-7-5-13-3-1-2-4-14(13)10-19/h1-4,15-16H,5-12H2. The van der Waals surface area contributed by atoms with E-state index in [0.29, 0.717) is 26.1 Å². The quantitative estimate of drug-likeness (QED) is 0.772. The predicted octanol–water partition coefficient (Wildman–Crippen LogP) is 0.607. The molecule has 2 unspecified atom stereocenters. The third-order valence-electron chi connectivity index (χ3n) is 5.60. The van der Waals surface area contributed by atoms with Gasteiger partial charge in [-0.15, -0.1) is 0 Å². The molecular weight excluding hydrogens is 340 g/mol. The van der Waals surface area contributed by atoms with E-state index in [4.69, 9.17) is 0 Å². The third kappa shape index (κ3) is 3.17. The molecule has 6 nitrogen and oxygen atoms in total. The van der Waals surface area contributed by atoms with E-state index in [1.54, 1.807) is 4.90 Å². The van der Waals surface area contributed by atoms with Gasteiger partial charge >= 0.3 is 0 Å². The van der Waals surface area contributed by atoms with Crippen LogP contribution < -0.4 is 0 Å². The summed E-state index contributed by atoms with van der Waals surface area (Å²) in [6, 6.07) is 7.88. The van der Waals surface area contributed by atoms with Crippen molar-refractivity contribution >= 4 is 21.7 Å². The van der Waals surface area contributed by atoms with Crippen molar-refractivity contribution in [2.24, 2.45) is 5.92 Å². The Morgan fingerprint density at radius 1 is 1.16 bits per heavy atom. The number of nitrogens with zero attached hydrogens (tertiary/aromatic N) is 2. The Labute approximate surface area is 147 Å². The van der Waals surface area contributed by atoms with Gasteiger partial charge < -0.3 is 9.80 Å². The summed E-state index contributed by atoms with van der Waals surface area (Å²) in [4.78, 5) is 28.7. The number of amides is 2. The molecule has 0 aromatic heterocycles. The third-order valence-corrected chi connectivity index (χ3v) is 7.35. The zero-order valence-corrected chi connectivity index (χ0v) is 14.9. The van der Waals surface area contributed by atoms with E-state index in [2.05, 4.69) is 6.07 Å². The van der Waals surface area contributed by atoms with E-state index < -0.39 is 9.84 Å². The van der Waals surface area contributed by atoms with Gasteiger partial charge in [0.15, 0.2) is 9.84 Å². The van der Waals surface area contributed by atoms with Crippen LogP contribution in [0.25, 0.3) is 0 Å². The number of benzene rings is 1. The zero-order valence-electron chi connectivity index (χ0n) is 14.1. The highest BCUT2D eigenvalue weighted by molar-refractivity contribution is 7.91. The average Bonchev–Trinajstić information content (AvgIpc) is 3.16. The van der Waals surface area contributed by atoms with Gasteiger partial charge in [-0.05, 0) is 24.0 Å². The number of fused-ring (bicyclic) bond motifs is 1. The minimum absolute atomic E-state index is 0.0196. The number of hydrogen-bond donors (Lipinski definition) is 0. The van der Waals surface area contributed by atoms with E-state index in [1.807, 2.05) is 23.1 Å². The minimum atomic E-state index is -3.04. The van der Waals surface area contributed by atoms with E-state index in [0.717, 1.165) is 6.42 Å². The Hall–Kier alpha value is -1.89. The zero-order chi connectivity index (χ0) is 17.6. The molecule has 4 rings (SSSR count). The number of rotatable bonds is 2. The highest BCUT2D eigenvalue weighted by atomic mass is 32.2. The molecule has 2 atom stereocenters. The lowest BCUT2D eigenvalue weighted by Crippen LogP contribution is -2.42. The van der Waals surface area contributed by atoms with Crippen LogP contribution in [0.3, 0.4) is 0 Å². The minimum Gasteiger partial charge on any atom is -0.338 e. The number of carbonyl (C=O) groups is 2. The maximum Gasteiger partial charge on any atom is 0.228 e. The van der Waals surface area contributed by atoms with E-state index in [-0.39, 0.29) is 41.7 Å². The molecule has 0 radical (unpaired) electrons. The molecule has 3 aliphatic rings. The first kappa shape index (κ1) is 16.6. The second kappa shape index (κ2) is 6.12. The predicted molar refractivity (Wildman–Crippen MR) is 92.4 cm³/mol. The van der Waals surface area contributed by atoms with E-state index in [1.165, 1.54) is 11.1 Å². The largest absolute Gasteiger partial charge is 0.338 e. The number of likely N-dealkylation sites (tertiary alicyclic amines) is 1. The smallest absolute Gasteiger partial charge is 0.228 e. The van der Waals surface area contributed by atoms with Crippen LogP contribution in [-0.4, -0.2) is 60.7 Å². The summed E-state index contributed by atoms with van der Waals surface area (Å²) >= 11 is 0. The monoisotopic (exact) mass is 362 g/mol. The van der Waals surface area contributed by atoms with Gasteiger partial charge in [0.1, 0.15) is 0 Å². The SMILES string of the molecule is O=C(C1CC(=O)N(C2CCS(=O)(=O)C2)C1)N1CCc2ccccc2C1. The van der Waals surface area contributed by atoms with Crippen molar-refractivity contribution in [2.75, 3.05) is 24.6 Å². The first-order valence-corrected chi connectivity index (χ1v) is 10.6. The van der Waals surface area contributed by atoms with Gasteiger partial charge in [-0.2, -0.15) is 0 Å². The fourth-order valence-electron chi connectivity index (χ4n) is 4.21. The van der Waals surface area contributed by atoms with Crippen molar-refractivity contribution in [1.82, 2.24) is 9.80 Å².